The van der Waals surface area contributed by atoms with Gasteiger partial charge in [-0.3, -0.25) is 9.69 Å². The maximum atomic E-state index is 12.1. The van der Waals surface area contributed by atoms with Gasteiger partial charge in [0.15, 0.2) is 0 Å². The zero-order valence-electron chi connectivity index (χ0n) is 10.4. The summed E-state index contributed by atoms with van der Waals surface area (Å²) >= 11 is 0. The van der Waals surface area contributed by atoms with E-state index in [0.29, 0.717) is 32.3 Å². The Labute approximate surface area is 103 Å². The van der Waals surface area contributed by atoms with Crippen LogP contribution in [0, 0.1) is 0 Å². The van der Waals surface area contributed by atoms with Crippen molar-refractivity contribution >= 4 is 5.91 Å². The van der Waals surface area contributed by atoms with Crippen molar-refractivity contribution in [1.82, 2.24) is 9.80 Å². The van der Waals surface area contributed by atoms with E-state index in [1.54, 1.807) is 0 Å². The van der Waals surface area contributed by atoms with Gasteiger partial charge in [0.1, 0.15) is 0 Å². The maximum Gasteiger partial charge on any atom is 0.236 e. The summed E-state index contributed by atoms with van der Waals surface area (Å²) in [6, 6.07) is 0.631. The van der Waals surface area contributed by atoms with Crippen molar-refractivity contribution in [2.75, 3.05) is 45.9 Å². The van der Waals surface area contributed by atoms with E-state index < -0.39 is 0 Å². The number of nitrogens with zero attached hydrogens (tertiary/aromatic N) is 2. The topological polar surface area (TPSA) is 58.8 Å². The van der Waals surface area contributed by atoms with E-state index >= 15 is 0 Å². The molecule has 5 heteroatoms. The Hall–Kier alpha value is -0.650. The Balaban J connectivity index is 1.77. The molecule has 2 aliphatic rings. The Bertz CT molecular complexity index is 250. The second-order valence-corrected chi connectivity index (χ2v) is 4.84. The lowest BCUT2D eigenvalue weighted by molar-refractivity contribution is -0.136. The van der Waals surface area contributed by atoms with Crippen LogP contribution < -0.4 is 5.73 Å². The molecule has 1 aliphatic carbocycles. The molecule has 5 nitrogen and oxygen atoms in total. The lowest BCUT2D eigenvalue weighted by atomic mass is 10.3. The summed E-state index contributed by atoms with van der Waals surface area (Å²) in [5.74, 6) is 0.247. The Kier molecular flexibility index (Phi) is 4.76. The maximum absolute atomic E-state index is 12.1. The predicted molar refractivity (Wildman–Crippen MR) is 65.7 cm³/mol. The number of carbonyl (C=O) groups excluding carboxylic acids is 1. The van der Waals surface area contributed by atoms with Gasteiger partial charge in [-0.15, -0.1) is 0 Å². The number of morpholine rings is 1. The quantitative estimate of drug-likeness (QED) is 0.691. The fraction of sp³-hybridized carbons (Fsp3) is 0.917. The van der Waals surface area contributed by atoms with E-state index in [4.69, 9.17) is 10.5 Å². The van der Waals surface area contributed by atoms with E-state index in [9.17, 15) is 4.79 Å². The van der Waals surface area contributed by atoms with Crippen LogP contribution in [0.2, 0.25) is 0 Å². The monoisotopic (exact) mass is 241 g/mol. The summed E-state index contributed by atoms with van der Waals surface area (Å²) < 4.78 is 5.26. The van der Waals surface area contributed by atoms with Crippen molar-refractivity contribution in [3.05, 3.63) is 0 Å². The summed E-state index contributed by atoms with van der Waals surface area (Å²) in [6.07, 6.45) is 3.45. The molecule has 0 aromatic carbocycles. The molecule has 0 aromatic rings. The molecule has 1 aliphatic heterocycles. The van der Waals surface area contributed by atoms with Gasteiger partial charge in [0.2, 0.25) is 5.91 Å². The number of carbonyl (C=O) groups is 1. The summed E-state index contributed by atoms with van der Waals surface area (Å²) in [6.45, 7) is 5.06. The summed E-state index contributed by atoms with van der Waals surface area (Å²) in [5, 5.41) is 0. The highest BCUT2D eigenvalue weighted by molar-refractivity contribution is 5.78. The van der Waals surface area contributed by atoms with Gasteiger partial charge in [-0.1, -0.05) is 0 Å². The van der Waals surface area contributed by atoms with Gasteiger partial charge in [-0.25, -0.2) is 0 Å². The molecule has 17 heavy (non-hydrogen) atoms. The molecular weight excluding hydrogens is 218 g/mol. The van der Waals surface area contributed by atoms with Gasteiger partial charge in [0.05, 0.1) is 19.8 Å². The summed E-state index contributed by atoms with van der Waals surface area (Å²) in [5.41, 5.74) is 5.53. The number of hydrogen-bond donors (Lipinski definition) is 1. The number of ether oxygens (including phenoxy) is 1. The smallest absolute Gasteiger partial charge is 0.236 e. The van der Waals surface area contributed by atoms with E-state index in [-0.39, 0.29) is 5.91 Å². The standard InChI is InChI=1S/C12H23N3O2/c13-4-1-5-15(11-2-3-11)10-12(16)14-6-8-17-9-7-14/h11H,1-10,13H2. The van der Waals surface area contributed by atoms with Crippen LogP contribution in [0.4, 0.5) is 0 Å². The number of rotatable bonds is 6. The van der Waals surface area contributed by atoms with Crippen molar-refractivity contribution in [2.24, 2.45) is 5.73 Å². The summed E-state index contributed by atoms with van der Waals surface area (Å²) in [7, 11) is 0. The van der Waals surface area contributed by atoms with Gasteiger partial charge >= 0.3 is 0 Å². The average Bonchev–Trinajstić information content (AvgIpc) is 3.19. The SMILES string of the molecule is NCCCN(CC(=O)N1CCOCC1)C1CC1. The molecule has 98 valence electrons. The molecule has 2 fully saturated rings. The molecule has 1 amide bonds. The first kappa shape index (κ1) is 12.8. The number of amides is 1. The molecule has 1 saturated heterocycles. The van der Waals surface area contributed by atoms with Gasteiger partial charge in [-0.2, -0.15) is 0 Å². The molecule has 0 aromatic heterocycles. The zero-order valence-corrected chi connectivity index (χ0v) is 10.4. The van der Waals surface area contributed by atoms with Gasteiger partial charge in [0.25, 0.3) is 0 Å². The molecule has 0 radical (unpaired) electrons. The largest absolute Gasteiger partial charge is 0.378 e. The lowest BCUT2D eigenvalue weighted by Crippen LogP contribution is -2.46. The Morgan fingerprint density at radius 3 is 2.65 bits per heavy atom. The molecule has 0 bridgehead atoms. The van der Waals surface area contributed by atoms with Crippen molar-refractivity contribution in [1.29, 1.82) is 0 Å². The van der Waals surface area contributed by atoms with Gasteiger partial charge < -0.3 is 15.4 Å². The minimum atomic E-state index is 0.247. The van der Waals surface area contributed by atoms with Gasteiger partial charge in [0, 0.05) is 25.7 Å². The molecule has 0 atom stereocenters. The van der Waals surface area contributed by atoms with Crippen LogP contribution in [0.5, 0.6) is 0 Å². The van der Waals surface area contributed by atoms with Crippen LogP contribution in [0.1, 0.15) is 19.3 Å². The van der Waals surface area contributed by atoms with Crippen LogP contribution in [-0.4, -0.2) is 67.7 Å². The number of nitrogens with two attached hydrogens (primary N) is 1. The third-order valence-corrected chi connectivity index (χ3v) is 3.41. The highest BCUT2D eigenvalue weighted by Crippen LogP contribution is 2.26. The molecule has 1 saturated carbocycles. The Morgan fingerprint density at radius 1 is 1.35 bits per heavy atom. The molecule has 2 N–H and O–H groups in total. The highest BCUT2D eigenvalue weighted by atomic mass is 16.5. The van der Waals surface area contributed by atoms with Crippen molar-refractivity contribution in [3.63, 3.8) is 0 Å². The second kappa shape index (κ2) is 6.33. The number of hydrogen-bond acceptors (Lipinski definition) is 4. The third kappa shape index (κ3) is 3.94. The van der Waals surface area contributed by atoms with E-state index in [0.717, 1.165) is 26.1 Å². The first-order valence-corrected chi connectivity index (χ1v) is 6.61. The van der Waals surface area contributed by atoms with Crippen LogP contribution in [-0.2, 0) is 9.53 Å². The first-order valence-electron chi connectivity index (χ1n) is 6.61. The average molecular weight is 241 g/mol. The first-order chi connectivity index (χ1) is 8.31. The normalized spacial score (nSPS) is 20.9. The van der Waals surface area contributed by atoms with Crippen molar-refractivity contribution in [2.45, 2.75) is 25.3 Å². The van der Waals surface area contributed by atoms with Crippen LogP contribution in [0.3, 0.4) is 0 Å². The highest BCUT2D eigenvalue weighted by Gasteiger charge is 2.31. The Morgan fingerprint density at radius 2 is 2.06 bits per heavy atom. The van der Waals surface area contributed by atoms with E-state index in [1.165, 1.54) is 12.8 Å². The molecule has 2 rings (SSSR count). The van der Waals surface area contributed by atoms with Crippen LogP contribution in [0.15, 0.2) is 0 Å². The second-order valence-electron chi connectivity index (χ2n) is 4.84. The van der Waals surface area contributed by atoms with E-state index in [1.807, 2.05) is 4.90 Å². The molecule has 0 unspecified atom stereocenters. The molecule has 0 spiro atoms. The minimum absolute atomic E-state index is 0.247. The third-order valence-electron chi connectivity index (χ3n) is 3.41. The minimum Gasteiger partial charge on any atom is -0.378 e. The fourth-order valence-corrected chi connectivity index (χ4v) is 2.21. The summed E-state index contributed by atoms with van der Waals surface area (Å²) in [4.78, 5) is 16.3. The van der Waals surface area contributed by atoms with Crippen LogP contribution in [0.25, 0.3) is 0 Å². The van der Waals surface area contributed by atoms with Gasteiger partial charge in [-0.05, 0) is 25.8 Å². The molecular formula is C12H23N3O2. The predicted octanol–water partition coefficient (Wildman–Crippen LogP) is -0.342. The van der Waals surface area contributed by atoms with Crippen molar-refractivity contribution < 1.29 is 9.53 Å². The van der Waals surface area contributed by atoms with Crippen molar-refractivity contribution in [3.8, 4) is 0 Å². The lowest BCUT2D eigenvalue weighted by Gasteiger charge is -2.30. The fourth-order valence-electron chi connectivity index (χ4n) is 2.21. The zero-order chi connectivity index (χ0) is 12.1. The molecule has 1 heterocycles. The van der Waals surface area contributed by atoms with Crippen LogP contribution >= 0.6 is 0 Å². The van der Waals surface area contributed by atoms with E-state index in [2.05, 4.69) is 4.90 Å².